The van der Waals surface area contributed by atoms with Crippen molar-refractivity contribution < 1.29 is 0 Å². The summed E-state index contributed by atoms with van der Waals surface area (Å²) in [4.78, 5) is 3.21. The predicted molar refractivity (Wildman–Crippen MR) is 166 cm³/mol. The van der Waals surface area contributed by atoms with Gasteiger partial charge < -0.3 is 0 Å². The molecule has 0 N–H and O–H groups in total. The van der Waals surface area contributed by atoms with E-state index >= 15 is 0 Å². The van der Waals surface area contributed by atoms with Gasteiger partial charge in [-0.3, -0.25) is 4.90 Å². The number of allylic oxidation sites excluding steroid dienone is 2. The van der Waals surface area contributed by atoms with Crippen molar-refractivity contribution in [3.05, 3.63) is 11.6 Å². The first kappa shape index (κ1) is 27.5. The monoisotopic (exact) mass is 533 g/mol. The minimum atomic E-state index is 0.895. The van der Waals surface area contributed by atoms with Crippen LogP contribution in [0.1, 0.15) is 155 Å². The molecule has 39 heavy (non-hydrogen) atoms. The molecule has 7 aliphatic carbocycles. The van der Waals surface area contributed by atoms with E-state index in [4.69, 9.17) is 0 Å². The Morgan fingerprint density at radius 3 is 1.28 bits per heavy atom. The zero-order chi connectivity index (χ0) is 26.3. The van der Waals surface area contributed by atoms with E-state index in [0.717, 1.165) is 71.4 Å². The zero-order valence-electron chi connectivity index (χ0n) is 26.0. The van der Waals surface area contributed by atoms with Gasteiger partial charge in [0.1, 0.15) is 0 Å². The van der Waals surface area contributed by atoms with Gasteiger partial charge in [0.15, 0.2) is 0 Å². The Morgan fingerprint density at radius 2 is 0.846 bits per heavy atom. The summed E-state index contributed by atoms with van der Waals surface area (Å²) in [5, 5.41) is 0. The van der Waals surface area contributed by atoms with Crippen LogP contribution in [0, 0.1) is 53.3 Å². The molecule has 0 bridgehead atoms. The molecule has 1 nitrogen and oxygen atoms in total. The summed E-state index contributed by atoms with van der Waals surface area (Å²) in [5.74, 6) is 9.20. The predicted octanol–water partition coefficient (Wildman–Crippen LogP) is 10.6. The van der Waals surface area contributed by atoms with E-state index in [0.29, 0.717) is 0 Å². The molecule has 0 amide bonds. The molecule has 7 fully saturated rings. The lowest BCUT2D eigenvalue weighted by molar-refractivity contribution is 0.00804. The zero-order valence-corrected chi connectivity index (χ0v) is 26.0. The van der Waals surface area contributed by atoms with Crippen LogP contribution in [0.4, 0.5) is 0 Å². The molecule has 7 aliphatic rings. The second kappa shape index (κ2) is 12.1. The molecule has 1 heteroatoms. The van der Waals surface area contributed by atoms with Crippen LogP contribution in [-0.4, -0.2) is 23.0 Å². The van der Waals surface area contributed by atoms with E-state index in [-0.39, 0.29) is 0 Å². The van der Waals surface area contributed by atoms with E-state index in [1.165, 1.54) is 103 Å². The maximum atomic E-state index is 3.21. The van der Waals surface area contributed by atoms with Crippen molar-refractivity contribution in [2.75, 3.05) is 0 Å². The largest absolute Gasteiger partial charge is 0.294 e. The highest BCUT2D eigenvalue weighted by atomic mass is 15.2. The van der Waals surface area contributed by atoms with Crippen molar-refractivity contribution in [1.29, 1.82) is 0 Å². The van der Waals surface area contributed by atoms with Gasteiger partial charge in [0, 0.05) is 18.1 Å². The van der Waals surface area contributed by atoms with E-state index < -0.39 is 0 Å². The average molecular weight is 534 g/mol. The minimum absolute atomic E-state index is 0.895. The van der Waals surface area contributed by atoms with E-state index in [1.807, 2.05) is 0 Å². The molecular weight excluding hydrogens is 470 g/mol. The lowest BCUT2D eigenvalue weighted by Crippen LogP contribution is -2.52. The molecule has 0 aromatic rings. The average Bonchev–Trinajstić information content (AvgIpc) is 3.02. The third-order valence-corrected chi connectivity index (χ3v) is 14.4. The minimum Gasteiger partial charge on any atom is -0.294 e. The summed E-state index contributed by atoms with van der Waals surface area (Å²) in [7, 11) is 0. The first-order valence-electron chi connectivity index (χ1n) is 18.6. The summed E-state index contributed by atoms with van der Waals surface area (Å²) in [5.41, 5.74) is 2.07. The molecule has 7 saturated carbocycles. The molecule has 0 radical (unpaired) electrons. The topological polar surface area (TPSA) is 3.24 Å². The van der Waals surface area contributed by atoms with Crippen molar-refractivity contribution in [2.45, 2.75) is 173 Å². The number of hydrogen-bond donors (Lipinski definition) is 0. The summed E-state index contributed by atoms with van der Waals surface area (Å²) in [6.07, 6.45) is 36.5. The third-order valence-electron chi connectivity index (χ3n) is 14.4. The SMILES string of the molecule is CC1CCC(N(C2CCC(C)CC2)C2CCC(C=C3C4CCCCC4C4CCC4C4CCCCC34)CC2)CC1. The molecule has 0 aliphatic heterocycles. The van der Waals surface area contributed by atoms with Crippen molar-refractivity contribution in [3.63, 3.8) is 0 Å². The molecule has 0 aromatic carbocycles. The highest BCUT2D eigenvalue weighted by Crippen LogP contribution is 2.61. The molecule has 0 heterocycles. The number of nitrogens with zero attached hydrogens (tertiary/aromatic N) is 1. The summed E-state index contributed by atoms with van der Waals surface area (Å²) < 4.78 is 0. The second-order valence-electron chi connectivity index (χ2n) is 16.5. The lowest BCUT2D eigenvalue weighted by Gasteiger charge is -2.49. The normalized spacial score (nSPS) is 48.7. The van der Waals surface area contributed by atoms with Crippen molar-refractivity contribution >= 4 is 0 Å². The van der Waals surface area contributed by atoms with Gasteiger partial charge in [-0.05, 0) is 169 Å². The highest BCUT2D eigenvalue weighted by Gasteiger charge is 2.52. The molecule has 6 unspecified atom stereocenters. The fraction of sp³-hybridized carbons (Fsp3) is 0.947. The Bertz CT molecular complexity index is 766. The van der Waals surface area contributed by atoms with Gasteiger partial charge in [-0.2, -0.15) is 0 Å². The standard InChI is InChI=1S/C38H63N/c1-26-11-17-29(18-12-26)39(30-19-13-27(2)14-20-30)31-21-15-28(16-22-31)25-38-34-9-5-3-7-32(34)36-23-24-37(36)33-8-4-6-10-35(33)38/h25-37H,3-24H2,1-2H3. The van der Waals surface area contributed by atoms with Gasteiger partial charge in [0.25, 0.3) is 0 Å². The highest BCUT2D eigenvalue weighted by molar-refractivity contribution is 5.21. The van der Waals surface area contributed by atoms with E-state index in [1.54, 1.807) is 38.5 Å². The number of fused-ring (bicyclic) bond motifs is 5. The molecule has 0 saturated heterocycles. The third kappa shape index (κ3) is 5.59. The first-order chi connectivity index (χ1) is 19.2. The number of rotatable bonds is 4. The second-order valence-corrected chi connectivity index (χ2v) is 16.5. The number of hydrogen-bond acceptors (Lipinski definition) is 1. The van der Waals surface area contributed by atoms with Gasteiger partial charge in [-0.15, -0.1) is 0 Å². The van der Waals surface area contributed by atoms with Gasteiger partial charge in [-0.1, -0.05) is 51.2 Å². The Hall–Kier alpha value is -0.300. The van der Waals surface area contributed by atoms with Crippen LogP contribution in [0.25, 0.3) is 0 Å². The van der Waals surface area contributed by atoms with Crippen LogP contribution in [-0.2, 0) is 0 Å². The molecule has 0 aromatic heterocycles. The van der Waals surface area contributed by atoms with Gasteiger partial charge >= 0.3 is 0 Å². The van der Waals surface area contributed by atoms with Gasteiger partial charge in [0.05, 0.1) is 0 Å². The van der Waals surface area contributed by atoms with Crippen molar-refractivity contribution in [2.24, 2.45) is 53.3 Å². The van der Waals surface area contributed by atoms with Crippen LogP contribution in [0.2, 0.25) is 0 Å². The molecule has 220 valence electrons. The Labute approximate surface area is 242 Å². The van der Waals surface area contributed by atoms with Crippen LogP contribution >= 0.6 is 0 Å². The summed E-state index contributed by atoms with van der Waals surface area (Å²) >= 11 is 0. The summed E-state index contributed by atoms with van der Waals surface area (Å²) in [6, 6.07) is 2.71. The van der Waals surface area contributed by atoms with Crippen LogP contribution in [0.15, 0.2) is 11.6 Å². The van der Waals surface area contributed by atoms with Crippen LogP contribution in [0.3, 0.4) is 0 Å². The lowest BCUT2D eigenvalue weighted by atomic mass is 9.57. The molecule has 7 rings (SSSR count). The molecular formula is C38H63N. The molecule has 6 atom stereocenters. The molecule has 0 spiro atoms. The van der Waals surface area contributed by atoms with E-state index in [2.05, 4.69) is 30.4 Å². The maximum Gasteiger partial charge on any atom is 0.0102 e. The first-order valence-corrected chi connectivity index (χ1v) is 18.6. The Morgan fingerprint density at radius 1 is 0.436 bits per heavy atom. The van der Waals surface area contributed by atoms with Crippen LogP contribution in [0.5, 0.6) is 0 Å². The Balaban J connectivity index is 1.08. The van der Waals surface area contributed by atoms with Crippen LogP contribution < -0.4 is 0 Å². The quantitative estimate of drug-likeness (QED) is 0.325. The van der Waals surface area contributed by atoms with Crippen molar-refractivity contribution in [3.8, 4) is 0 Å². The smallest absolute Gasteiger partial charge is 0.0102 e. The fourth-order valence-electron chi connectivity index (χ4n) is 12.1. The van der Waals surface area contributed by atoms with E-state index in [9.17, 15) is 0 Å². The maximum absolute atomic E-state index is 3.21. The van der Waals surface area contributed by atoms with Gasteiger partial charge in [0.2, 0.25) is 0 Å². The fourth-order valence-corrected chi connectivity index (χ4v) is 12.1. The summed E-state index contributed by atoms with van der Waals surface area (Å²) in [6.45, 7) is 5.02. The Kier molecular flexibility index (Phi) is 8.56. The van der Waals surface area contributed by atoms with Crippen molar-refractivity contribution in [1.82, 2.24) is 4.90 Å². The van der Waals surface area contributed by atoms with Gasteiger partial charge in [-0.25, -0.2) is 0 Å².